The van der Waals surface area contributed by atoms with Gasteiger partial charge in [0, 0.05) is 12.3 Å². The van der Waals surface area contributed by atoms with E-state index in [9.17, 15) is 9.18 Å². The maximum absolute atomic E-state index is 12.6. The van der Waals surface area contributed by atoms with E-state index in [0.717, 1.165) is 5.56 Å². The van der Waals surface area contributed by atoms with Gasteiger partial charge < -0.3 is 15.5 Å². The molecule has 0 saturated heterocycles. The first-order chi connectivity index (χ1) is 8.61. The van der Waals surface area contributed by atoms with Gasteiger partial charge in [0.1, 0.15) is 5.82 Å². The second kappa shape index (κ2) is 8.07. The number of benzene rings is 1. The summed E-state index contributed by atoms with van der Waals surface area (Å²) in [5.74, 6) is 0.0757. The maximum atomic E-state index is 12.6. The number of halogens is 1. The van der Waals surface area contributed by atoms with Crippen LogP contribution in [0.2, 0.25) is 0 Å². The SMILES string of the molecule is O=C(CSCC(O)CO)NCc1ccc(F)cc1. The molecule has 0 fully saturated rings. The Kier molecular flexibility index (Phi) is 6.70. The van der Waals surface area contributed by atoms with Gasteiger partial charge in [0.05, 0.1) is 18.5 Å². The molecule has 1 aromatic carbocycles. The van der Waals surface area contributed by atoms with E-state index in [4.69, 9.17) is 10.2 Å². The molecule has 1 amide bonds. The van der Waals surface area contributed by atoms with Crippen LogP contribution >= 0.6 is 11.8 Å². The molecule has 0 aromatic heterocycles. The van der Waals surface area contributed by atoms with Crippen LogP contribution in [-0.4, -0.2) is 40.3 Å². The zero-order valence-corrected chi connectivity index (χ0v) is 10.6. The number of thioether (sulfide) groups is 1. The number of hydrogen-bond acceptors (Lipinski definition) is 4. The van der Waals surface area contributed by atoms with E-state index in [1.807, 2.05) is 0 Å². The number of carbonyl (C=O) groups excluding carboxylic acids is 1. The highest BCUT2D eigenvalue weighted by molar-refractivity contribution is 7.99. The average molecular weight is 273 g/mol. The third-order valence-electron chi connectivity index (χ3n) is 2.16. The van der Waals surface area contributed by atoms with Crippen molar-refractivity contribution in [3.8, 4) is 0 Å². The van der Waals surface area contributed by atoms with Crippen molar-refractivity contribution in [1.82, 2.24) is 5.32 Å². The Morgan fingerprint density at radius 1 is 1.39 bits per heavy atom. The highest BCUT2D eigenvalue weighted by Gasteiger charge is 2.05. The van der Waals surface area contributed by atoms with E-state index in [1.54, 1.807) is 12.1 Å². The molecule has 0 bridgehead atoms. The Labute approximate surface area is 109 Å². The molecule has 1 atom stereocenters. The van der Waals surface area contributed by atoms with Crippen molar-refractivity contribution < 1.29 is 19.4 Å². The number of aliphatic hydroxyl groups excluding tert-OH is 2. The summed E-state index contributed by atoms with van der Waals surface area (Å²) in [6.07, 6.45) is -0.792. The van der Waals surface area contributed by atoms with E-state index < -0.39 is 6.10 Å². The van der Waals surface area contributed by atoms with Gasteiger partial charge in [-0.25, -0.2) is 4.39 Å². The number of amides is 1. The van der Waals surface area contributed by atoms with Gasteiger partial charge in [0.2, 0.25) is 5.91 Å². The molecule has 0 saturated carbocycles. The first-order valence-electron chi connectivity index (χ1n) is 5.49. The van der Waals surface area contributed by atoms with Crippen molar-refractivity contribution in [2.75, 3.05) is 18.1 Å². The Morgan fingerprint density at radius 2 is 2.06 bits per heavy atom. The molecule has 0 aliphatic carbocycles. The monoisotopic (exact) mass is 273 g/mol. The van der Waals surface area contributed by atoms with Crippen LogP contribution in [0.5, 0.6) is 0 Å². The first kappa shape index (κ1) is 14.9. The highest BCUT2D eigenvalue weighted by atomic mass is 32.2. The fraction of sp³-hybridized carbons (Fsp3) is 0.417. The van der Waals surface area contributed by atoms with Crippen molar-refractivity contribution >= 4 is 17.7 Å². The fourth-order valence-corrected chi connectivity index (χ4v) is 1.98. The molecule has 1 aromatic rings. The maximum Gasteiger partial charge on any atom is 0.230 e. The van der Waals surface area contributed by atoms with Gasteiger partial charge in [-0.2, -0.15) is 0 Å². The molecule has 0 heterocycles. The summed E-state index contributed by atoms with van der Waals surface area (Å²) in [4.78, 5) is 11.4. The number of nitrogens with one attached hydrogen (secondary N) is 1. The lowest BCUT2D eigenvalue weighted by Crippen LogP contribution is -2.25. The van der Waals surface area contributed by atoms with Crippen LogP contribution in [0.3, 0.4) is 0 Å². The molecule has 0 radical (unpaired) electrons. The Morgan fingerprint density at radius 3 is 2.67 bits per heavy atom. The summed E-state index contributed by atoms with van der Waals surface area (Å²) in [5.41, 5.74) is 0.824. The van der Waals surface area contributed by atoms with Crippen LogP contribution in [-0.2, 0) is 11.3 Å². The van der Waals surface area contributed by atoms with E-state index in [0.29, 0.717) is 12.3 Å². The summed E-state index contributed by atoms with van der Waals surface area (Å²) < 4.78 is 12.6. The van der Waals surface area contributed by atoms with Gasteiger partial charge in [-0.15, -0.1) is 11.8 Å². The summed E-state index contributed by atoms with van der Waals surface area (Å²) in [7, 11) is 0. The molecule has 1 unspecified atom stereocenters. The Bertz CT molecular complexity index is 372. The van der Waals surface area contributed by atoms with Gasteiger partial charge >= 0.3 is 0 Å². The van der Waals surface area contributed by atoms with Gasteiger partial charge in [-0.3, -0.25) is 4.79 Å². The molecule has 4 nitrogen and oxygen atoms in total. The summed E-state index contributed by atoms with van der Waals surface area (Å²) in [6.45, 7) is 0.0480. The second-order valence-electron chi connectivity index (χ2n) is 3.75. The molecule has 0 spiro atoms. The smallest absolute Gasteiger partial charge is 0.230 e. The molecule has 100 valence electrons. The lowest BCUT2D eigenvalue weighted by atomic mass is 10.2. The van der Waals surface area contributed by atoms with Crippen molar-refractivity contribution in [2.24, 2.45) is 0 Å². The normalized spacial score (nSPS) is 12.2. The topological polar surface area (TPSA) is 69.6 Å². The van der Waals surface area contributed by atoms with Crippen LogP contribution in [0.25, 0.3) is 0 Å². The lowest BCUT2D eigenvalue weighted by Gasteiger charge is -2.07. The van der Waals surface area contributed by atoms with Gasteiger partial charge in [-0.1, -0.05) is 12.1 Å². The van der Waals surface area contributed by atoms with E-state index in [2.05, 4.69) is 5.32 Å². The second-order valence-corrected chi connectivity index (χ2v) is 4.78. The van der Waals surface area contributed by atoms with Crippen molar-refractivity contribution in [3.63, 3.8) is 0 Å². The molecule has 18 heavy (non-hydrogen) atoms. The quantitative estimate of drug-likeness (QED) is 0.678. The van der Waals surface area contributed by atoms with Gasteiger partial charge in [-0.05, 0) is 17.7 Å². The zero-order valence-electron chi connectivity index (χ0n) is 9.80. The number of hydrogen-bond donors (Lipinski definition) is 3. The molecular weight excluding hydrogens is 257 g/mol. The van der Waals surface area contributed by atoms with Crippen LogP contribution in [0.15, 0.2) is 24.3 Å². The summed E-state index contributed by atoms with van der Waals surface area (Å²) in [5, 5.41) is 20.3. The largest absolute Gasteiger partial charge is 0.394 e. The average Bonchev–Trinajstić information content (AvgIpc) is 2.38. The van der Waals surface area contributed by atoms with Crippen LogP contribution in [0.4, 0.5) is 4.39 Å². The van der Waals surface area contributed by atoms with E-state index in [1.165, 1.54) is 23.9 Å². The minimum Gasteiger partial charge on any atom is -0.394 e. The molecule has 0 aliphatic rings. The molecule has 6 heteroatoms. The van der Waals surface area contributed by atoms with Crippen LogP contribution in [0, 0.1) is 5.82 Å². The predicted molar refractivity (Wildman–Crippen MR) is 68.7 cm³/mol. The Hall–Kier alpha value is -1.11. The molecule has 1 rings (SSSR count). The summed E-state index contributed by atoms with van der Waals surface area (Å²) >= 11 is 1.25. The van der Waals surface area contributed by atoms with E-state index >= 15 is 0 Å². The third-order valence-corrected chi connectivity index (χ3v) is 3.24. The minimum atomic E-state index is -0.792. The molecular formula is C12H16FNO3S. The number of rotatable bonds is 7. The van der Waals surface area contributed by atoms with Gasteiger partial charge in [0.25, 0.3) is 0 Å². The number of carbonyl (C=O) groups is 1. The fourth-order valence-electron chi connectivity index (χ4n) is 1.19. The standard InChI is InChI=1S/C12H16FNO3S/c13-10-3-1-9(2-4-10)5-14-12(17)8-18-7-11(16)6-15/h1-4,11,15-16H,5-8H2,(H,14,17). The van der Waals surface area contributed by atoms with Gasteiger partial charge in [0.15, 0.2) is 0 Å². The Balaban J connectivity index is 2.19. The van der Waals surface area contributed by atoms with Crippen LogP contribution < -0.4 is 5.32 Å². The van der Waals surface area contributed by atoms with Crippen molar-refractivity contribution in [2.45, 2.75) is 12.6 Å². The van der Waals surface area contributed by atoms with Crippen molar-refractivity contribution in [3.05, 3.63) is 35.6 Å². The highest BCUT2D eigenvalue weighted by Crippen LogP contribution is 2.04. The number of aliphatic hydroxyl groups is 2. The van der Waals surface area contributed by atoms with Crippen molar-refractivity contribution in [1.29, 1.82) is 0 Å². The van der Waals surface area contributed by atoms with E-state index in [-0.39, 0.29) is 24.1 Å². The molecule has 0 aliphatic heterocycles. The lowest BCUT2D eigenvalue weighted by molar-refractivity contribution is -0.118. The summed E-state index contributed by atoms with van der Waals surface area (Å²) in [6, 6.07) is 5.90. The third kappa shape index (κ3) is 6.00. The minimum absolute atomic E-state index is 0.158. The first-order valence-corrected chi connectivity index (χ1v) is 6.65. The molecule has 3 N–H and O–H groups in total. The zero-order chi connectivity index (χ0) is 13.4. The van der Waals surface area contributed by atoms with Crippen LogP contribution in [0.1, 0.15) is 5.56 Å². The predicted octanol–water partition coefficient (Wildman–Crippen LogP) is 0.528.